The predicted molar refractivity (Wildman–Crippen MR) is 134 cm³/mol. The molecule has 0 radical (unpaired) electrons. The number of carbonyl (C=O) groups excluding carboxylic acids is 1. The minimum Gasteiger partial charge on any atom is -0.383 e. The Morgan fingerprint density at radius 3 is 2.86 bits per heavy atom. The van der Waals surface area contributed by atoms with Crippen molar-refractivity contribution in [2.45, 2.75) is 31.4 Å². The summed E-state index contributed by atoms with van der Waals surface area (Å²) in [4.78, 5) is 21.7. The van der Waals surface area contributed by atoms with Crippen LogP contribution in [0.4, 0.5) is 10.2 Å². The molecule has 0 aliphatic heterocycles. The maximum atomic E-state index is 14.4. The van der Waals surface area contributed by atoms with E-state index in [1.165, 1.54) is 36.8 Å². The second kappa shape index (κ2) is 11.1. The van der Waals surface area contributed by atoms with Gasteiger partial charge in [-0.25, -0.2) is 19.5 Å². The molecule has 1 saturated carbocycles. The minimum atomic E-state index is -4.01. The van der Waals surface area contributed by atoms with Gasteiger partial charge in [0.2, 0.25) is 5.78 Å². The molecular weight excluding hydrogens is 554 g/mol. The number of thiophene rings is 1. The van der Waals surface area contributed by atoms with Gasteiger partial charge in [-0.2, -0.15) is 8.42 Å². The van der Waals surface area contributed by atoms with Gasteiger partial charge >= 0.3 is 10.3 Å². The van der Waals surface area contributed by atoms with Gasteiger partial charge in [0.1, 0.15) is 24.1 Å². The Hall–Kier alpha value is -2.19. The van der Waals surface area contributed by atoms with Crippen molar-refractivity contribution in [1.82, 2.24) is 9.97 Å². The first-order valence-corrected chi connectivity index (χ1v) is 13.8. The van der Waals surface area contributed by atoms with E-state index in [0.717, 1.165) is 11.3 Å². The molecule has 1 aliphatic carbocycles. The summed E-state index contributed by atoms with van der Waals surface area (Å²) in [7, 11) is -4.01. The topological polar surface area (TPSA) is 144 Å². The molecule has 4 N–H and O–H groups in total. The van der Waals surface area contributed by atoms with Crippen LogP contribution >= 0.6 is 34.5 Å². The Bertz CT molecular complexity index is 1390. The molecule has 0 bridgehead atoms. The lowest BCUT2D eigenvalue weighted by atomic mass is 10.0. The normalized spacial score (nSPS) is 18.8. The molecule has 2 heterocycles. The highest BCUT2D eigenvalue weighted by atomic mass is 35.5. The number of rotatable bonds is 9. The standard InChI is InChI=1S/C22H21Cl2FN4O5S2/c23-16-3-1-2-13(18(16)25)19(30)14-7-17(35-21(14)24)20(31)15-8-27-10-28-22(15)29-12-5-4-11(6-12)9-34-36(26,32)33/h1-3,7-8,10-12,19,30H,4-6,9H2,(H2,26,32,33)(H,27,28,29)/t11-,12?,19?/m1/s1. The number of aliphatic hydroxyl groups excluding tert-OH is 1. The fourth-order valence-corrected chi connectivity index (χ4v) is 5.91. The number of anilines is 1. The zero-order chi connectivity index (χ0) is 26.0. The lowest BCUT2D eigenvalue weighted by Crippen LogP contribution is -2.22. The number of nitrogens with two attached hydrogens (primary N) is 1. The van der Waals surface area contributed by atoms with Crippen LogP contribution < -0.4 is 10.5 Å². The average molecular weight is 575 g/mol. The van der Waals surface area contributed by atoms with E-state index in [9.17, 15) is 22.7 Å². The maximum absolute atomic E-state index is 14.4. The molecule has 14 heteroatoms. The molecular formula is C22H21Cl2FN4O5S2. The highest BCUT2D eigenvalue weighted by Gasteiger charge is 2.29. The highest BCUT2D eigenvalue weighted by molar-refractivity contribution is 7.84. The summed E-state index contributed by atoms with van der Waals surface area (Å²) >= 11 is 13.1. The summed E-state index contributed by atoms with van der Waals surface area (Å²) in [5, 5.41) is 18.7. The van der Waals surface area contributed by atoms with E-state index in [1.54, 1.807) is 0 Å². The SMILES string of the molecule is NS(=O)(=O)OC[C@@H]1CCC(Nc2ncncc2C(=O)c2cc(C(O)c3cccc(Cl)c3F)c(Cl)s2)C1. The molecule has 1 fully saturated rings. The van der Waals surface area contributed by atoms with Crippen LogP contribution in [0.25, 0.3) is 0 Å². The third-order valence-corrected chi connectivity index (χ3v) is 7.96. The molecule has 0 saturated heterocycles. The molecule has 0 spiro atoms. The molecule has 0 amide bonds. The number of aliphatic hydroxyl groups is 1. The number of ketones is 1. The minimum absolute atomic E-state index is 0.0153. The summed E-state index contributed by atoms with van der Waals surface area (Å²) in [6.45, 7) is -0.0153. The Labute approximate surface area is 220 Å². The van der Waals surface area contributed by atoms with Crippen molar-refractivity contribution in [2.24, 2.45) is 11.1 Å². The molecule has 4 rings (SSSR count). The summed E-state index contributed by atoms with van der Waals surface area (Å²) in [5.41, 5.74) is 0.300. The fourth-order valence-electron chi connectivity index (χ4n) is 4.07. The van der Waals surface area contributed by atoms with Crippen molar-refractivity contribution in [2.75, 3.05) is 11.9 Å². The molecule has 3 atom stereocenters. The van der Waals surface area contributed by atoms with Crippen LogP contribution in [-0.4, -0.2) is 41.9 Å². The maximum Gasteiger partial charge on any atom is 0.333 e. The van der Waals surface area contributed by atoms with Crippen LogP contribution in [0.15, 0.2) is 36.8 Å². The second-order valence-corrected chi connectivity index (χ2v) is 11.6. The molecule has 2 aromatic heterocycles. The second-order valence-electron chi connectivity index (χ2n) is 8.30. The first-order valence-electron chi connectivity index (χ1n) is 10.7. The van der Waals surface area contributed by atoms with Crippen molar-refractivity contribution < 1.29 is 26.9 Å². The molecule has 9 nitrogen and oxygen atoms in total. The van der Waals surface area contributed by atoms with Crippen molar-refractivity contribution in [3.63, 3.8) is 0 Å². The smallest absolute Gasteiger partial charge is 0.333 e. The Kier molecular flexibility index (Phi) is 8.25. The van der Waals surface area contributed by atoms with Crippen LogP contribution in [0.1, 0.15) is 51.7 Å². The quantitative estimate of drug-likeness (QED) is 0.324. The molecule has 1 aromatic carbocycles. The third-order valence-electron chi connectivity index (χ3n) is 5.81. The number of nitrogens with one attached hydrogen (secondary N) is 1. The van der Waals surface area contributed by atoms with Crippen LogP contribution in [-0.2, 0) is 14.5 Å². The Morgan fingerprint density at radius 2 is 2.11 bits per heavy atom. The molecule has 3 aromatic rings. The van der Waals surface area contributed by atoms with Crippen molar-refractivity contribution in [3.8, 4) is 0 Å². The fraction of sp³-hybridized carbons (Fsp3) is 0.318. The van der Waals surface area contributed by atoms with E-state index in [-0.39, 0.29) is 49.5 Å². The summed E-state index contributed by atoms with van der Waals surface area (Å²) in [6, 6.07) is 5.59. The summed E-state index contributed by atoms with van der Waals surface area (Å²) in [5.74, 6) is -0.912. The first kappa shape index (κ1) is 26.9. The zero-order valence-electron chi connectivity index (χ0n) is 18.5. The number of nitrogens with zero attached hydrogens (tertiary/aromatic N) is 2. The van der Waals surface area contributed by atoms with Crippen LogP contribution in [0, 0.1) is 11.7 Å². The van der Waals surface area contributed by atoms with Gasteiger partial charge in [-0.05, 0) is 37.3 Å². The highest BCUT2D eigenvalue weighted by Crippen LogP contribution is 2.38. The third kappa shape index (κ3) is 6.20. The van der Waals surface area contributed by atoms with Gasteiger partial charge in [-0.1, -0.05) is 35.3 Å². The van der Waals surface area contributed by atoms with E-state index in [0.29, 0.717) is 25.1 Å². The number of halogens is 3. The van der Waals surface area contributed by atoms with Crippen molar-refractivity contribution >= 4 is 56.4 Å². The van der Waals surface area contributed by atoms with Crippen molar-refractivity contribution in [1.29, 1.82) is 0 Å². The van der Waals surface area contributed by atoms with Gasteiger partial charge in [-0.3, -0.25) is 8.98 Å². The van der Waals surface area contributed by atoms with Gasteiger partial charge < -0.3 is 10.4 Å². The lowest BCUT2D eigenvalue weighted by Gasteiger charge is -2.15. The Balaban J connectivity index is 1.51. The lowest BCUT2D eigenvalue weighted by molar-refractivity contribution is 0.104. The first-order chi connectivity index (χ1) is 17.0. The van der Waals surface area contributed by atoms with Gasteiger partial charge in [0.15, 0.2) is 0 Å². The van der Waals surface area contributed by atoms with Crippen LogP contribution in [0.3, 0.4) is 0 Å². The van der Waals surface area contributed by atoms with Crippen LogP contribution in [0.5, 0.6) is 0 Å². The Morgan fingerprint density at radius 1 is 1.33 bits per heavy atom. The number of carbonyl (C=O) groups is 1. The van der Waals surface area contributed by atoms with Gasteiger partial charge in [0, 0.05) is 23.4 Å². The molecule has 36 heavy (non-hydrogen) atoms. The largest absolute Gasteiger partial charge is 0.383 e. The monoisotopic (exact) mass is 574 g/mol. The number of hydrogen-bond donors (Lipinski definition) is 3. The average Bonchev–Trinajstić information content (AvgIpc) is 3.45. The predicted octanol–water partition coefficient (Wildman–Crippen LogP) is 4.10. The summed E-state index contributed by atoms with van der Waals surface area (Å²) < 4.78 is 41.3. The number of benzene rings is 1. The molecule has 1 aliphatic rings. The van der Waals surface area contributed by atoms with Gasteiger partial charge in [0.25, 0.3) is 0 Å². The molecule has 192 valence electrons. The summed E-state index contributed by atoms with van der Waals surface area (Å²) in [6.07, 6.45) is 3.27. The van der Waals surface area contributed by atoms with E-state index in [1.807, 2.05) is 0 Å². The van der Waals surface area contributed by atoms with E-state index in [2.05, 4.69) is 15.3 Å². The van der Waals surface area contributed by atoms with Gasteiger partial charge in [0.05, 0.1) is 26.4 Å². The van der Waals surface area contributed by atoms with E-state index >= 15 is 0 Å². The van der Waals surface area contributed by atoms with Crippen LogP contribution in [0.2, 0.25) is 9.36 Å². The van der Waals surface area contributed by atoms with Crippen molar-refractivity contribution in [3.05, 3.63) is 73.5 Å². The van der Waals surface area contributed by atoms with E-state index in [4.69, 9.17) is 32.5 Å². The number of aromatic nitrogens is 2. The van der Waals surface area contributed by atoms with E-state index < -0.39 is 28.0 Å². The zero-order valence-corrected chi connectivity index (χ0v) is 21.7. The van der Waals surface area contributed by atoms with Gasteiger partial charge in [-0.15, -0.1) is 11.3 Å². The molecule has 2 unspecified atom stereocenters. The number of hydrogen-bond acceptors (Lipinski definition) is 9.